The standard InChI is InChI=1S/C28H26F4N6O2S2/c1-36-11-10-24(35-36)42(3,40)37(2)21-7-4-18-12-22-17(15-34-38(22)20-8-5-19(29)6-9-20)13-27(18,14-21)25(39)26-33-16-23(41-26)28(30,31)32/h5-6,8-12,15-16,21H,3-4,7,13-14H2,1-2H3/t21-,27-,42?/m0/s1. The fraction of sp³-hybridized carbons (Fsp3) is 0.321. The van der Waals surface area contributed by atoms with E-state index in [2.05, 4.69) is 21.1 Å². The Morgan fingerprint density at radius 2 is 1.95 bits per heavy atom. The van der Waals surface area contributed by atoms with Gasteiger partial charge in [-0.25, -0.2) is 22.6 Å². The van der Waals surface area contributed by atoms with Crippen molar-refractivity contribution in [3.63, 3.8) is 0 Å². The molecule has 0 N–H and O–H groups in total. The molecule has 3 atom stereocenters. The molecule has 3 heterocycles. The van der Waals surface area contributed by atoms with Crippen molar-refractivity contribution in [2.45, 2.75) is 42.9 Å². The van der Waals surface area contributed by atoms with Crippen LogP contribution in [0.3, 0.4) is 0 Å². The summed E-state index contributed by atoms with van der Waals surface area (Å²) < 4.78 is 72.6. The van der Waals surface area contributed by atoms with E-state index in [9.17, 15) is 26.6 Å². The van der Waals surface area contributed by atoms with Crippen molar-refractivity contribution in [2.75, 3.05) is 7.05 Å². The molecule has 1 unspecified atom stereocenters. The first kappa shape index (κ1) is 28.5. The molecule has 1 fully saturated rings. The number of hydrogen-bond donors (Lipinski definition) is 0. The van der Waals surface area contributed by atoms with Crippen LogP contribution in [0.5, 0.6) is 0 Å². The molecule has 0 saturated heterocycles. The lowest BCUT2D eigenvalue weighted by molar-refractivity contribution is -0.134. The van der Waals surface area contributed by atoms with Crippen molar-refractivity contribution in [1.82, 2.24) is 28.9 Å². The van der Waals surface area contributed by atoms with Gasteiger partial charge in [0, 0.05) is 19.3 Å². The molecule has 3 aromatic heterocycles. The molecular weight excluding hydrogens is 592 g/mol. The second kappa shape index (κ2) is 9.99. The lowest BCUT2D eigenvalue weighted by Gasteiger charge is -2.46. The first-order valence-electron chi connectivity index (χ1n) is 13.0. The van der Waals surface area contributed by atoms with Gasteiger partial charge in [0.25, 0.3) is 0 Å². The zero-order valence-corrected chi connectivity index (χ0v) is 24.3. The van der Waals surface area contributed by atoms with Crippen LogP contribution in [0.25, 0.3) is 11.8 Å². The smallest absolute Gasteiger partial charge is 0.290 e. The van der Waals surface area contributed by atoms with Crippen LogP contribution in [0.15, 0.2) is 59.5 Å². The number of thiazole rings is 1. The summed E-state index contributed by atoms with van der Waals surface area (Å²) in [5, 5.41) is 8.84. The van der Waals surface area contributed by atoms with Crippen molar-refractivity contribution in [1.29, 1.82) is 0 Å². The Kier molecular flexibility index (Phi) is 6.78. The lowest BCUT2D eigenvalue weighted by atomic mass is 9.61. The SMILES string of the molecule is C=S(=O)(c1ccn(C)n1)N(C)[C@H]1CCC2=Cc3c(cnn3-c3ccc(F)cc3)C[C@]2(C(=O)c2ncc(C(F)(F)F)s2)C1. The Labute approximate surface area is 243 Å². The van der Waals surface area contributed by atoms with E-state index in [-0.39, 0.29) is 23.7 Å². The van der Waals surface area contributed by atoms with Crippen LogP contribution in [0.1, 0.15) is 45.2 Å². The summed E-state index contributed by atoms with van der Waals surface area (Å²) in [4.78, 5) is 17.2. The fourth-order valence-corrected chi connectivity index (χ4v) is 8.16. The molecule has 0 radical (unpaired) electrons. The monoisotopic (exact) mass is 618 g/mol. The van der Waals surface area contributed by atoms with Crippen molar-refractivity contribution < 1.29 is 26.6 Å². The molecule has 0 bridgehead atoms. The molecule has 4 aromatic rings. The van der Waals surface area contributed by atoms with E-state index in [1.54, 1.807) is 53.7 Å². The highest BCUT2D eigenvalue weighted by Gasteiger charge is 2.51. The number of aromatic nitrogens is 5. The van der Waals surface area contributed by atoms with Gasteiger partial charge in [-0.3, -0.25) is 9.48 Å². The minimum atomic E-state index is -4.63. The molecule has 0 spiro atoms. The fourth-order valence-electron chi connectivity index (χ4n) is 5.85. The molecule has 2 aliphatic rings. The molecule has 8 nitrogen and oxygen atoms in total. The molecule has 14 heteroatoms. The minimum absolute atomic E-state index is 0.168. The van der Waals surface area contributed by atoms with Crippen molar-refractivity contribution in [3.05, 3.63) is 81.5 Å². The van der Waals surface area contributed by atoms with Crippen LogP contribution in [0.4, 0.5) is 17.6 Å². The average Bonchev–Trinajstić information content (AvgIpc) is 3.71. The predicted octanol–water partition coefficient (Wildman–Crippen LogP) is 5.20. The number of hydrogen-bond acceptors (Lipinski definition) is 6. The van der Waals surface area contributed by atoms with Gasteiger partial charge in [-0.2, -0.15) is 23.4 Å². The van der Waals surface area contributed by atoms with E-state index < -0.39 is 38.0 Å². The first-order chi connectivity index (χ1) is 19.8. The van der Waals surface area contributed by atoms with E-state index in [0.717, 1.165) is 11.3 Å². The number of halogens is 4. The molecule has 220 valence electrons. The summed E-state index contributed by atoms with van der Waals surface area (Å²) >= 11 is 0.327. The number of carbonyl (C=O) groups excluding carboxylic acids is 1. The Bertz CT molecular complexity index is 1820. The van der Waals surface area contributed by atoms with Gasteiger partial charge in [-0.05, 0) is 80.6 Å². The summed E-state index contributed by atoms with van der Waals surface area (Å²) in [6, 6.07) is 7.08. The molecule has 1 aromatic carbocycles. The average molecular weight is 619 g/mol. The number of aryl methyl sites for hydroxylation is 1. The highest BCUT2D eigenvalue weighted by molar-refractivity contribution is 7.98. The van der Waals surface area contributed by atoms with Gasteiger partial charge in [0.1, 0.15) is 10.7 Å². The normalized spacial score (nSPS) is 21.9. The van der Waals surface area contributed by atoms with Gasteiger partial charge in [-0.1, -0.05) is 5.57 Å². The maximum atomic E-state index is 14.3. The van der Waals surface area contributed by atoms with Crippen molar-refractivity contribution in [3.8, 4) is 5.69 Å². The highest BCUT2D eigenvalue weighted by atomic mass is 32.2. The third-order valence-corrected chi connectivity index (χ3v) is 11.3. The summed E-state index contributed by atoms with van der Waals surface area (Å²) in [6.07, 6.45) is 2.53. The van der Waals surface area contributed by atoms with Gasteiger partial charge in [-0.15, -0.1) is 11.3 Å². The minimum Gasteiger partial charge on any atom is -0.290 e. The van der Waals surface area contributed by atoms with E-state index in [0.29, 0.717) is 46.7 Å². The summed E-state index contributed by atoms with van der Waals surface area (Å²) in [5.74, 6) is 3.07. The number of carbonyl (C=O) groups is 1. The van der Waals surface area contributed by atoms with Crippen LogP contribution >= 0.6 is 11.3 Å². The number of Topliss-reactive ketones (excluding diaryl/α,β-unsaturated/α-hetero) is 1. The van der Waals surface area contributed by atoms with Gasteiger partial charge < -0.3 is 0 Å². The van der Waals surface area contributed by atoms with Crippen molar-refractivity contribution >= 4 is 38.8 Å². The second-order valence-corrected chi connectivity index (χ2v) is 13.9. The van der Waals surface area contributed by atoms with Crippen LogP contribution < -0.4 is 0 Å². The number of fused-ring (bicyclic) bond motifs is 2. The Balaban J connectivity index is 1.42. The Morgan fingerprint density at radius 3 is 2.60 bits per heavy atom. The number of nitrogens with zero attached hydrogens (tertiary/aromatic N) is 6. The van der Waals surface area contributed by atoms with E-state index in [1.807, 2.05) is 6.08 Å². The molecule has 2 aliphatic carbocycles. The highest BCUT2D eigenvalue weighted by Crippen LogP contribution is 2.52. The Morgan fingerprint density at radius 1 is 1.21 bits per heavy atom. The maximum Gasteiger partial charge on any atom is 0.427 e. The number of ketones is 1. The molecule has 42 heavy (non-hydrogen) atoms. The second-order valence-electron chi connectivity index (χ2n) is 10.6. The van der Waals surface area contributed by atoms with Gasteiger partial charge >= 0.3 is 6.18 Å². The maximum absolute atomic E-state index is 14.3. The van der Waals surface area contributed by atoms with Crippen LogP contribution in [-0.2, 0) is 29.4 Å². The van der Waals surface area contributed by atoms with Crippen LogP contribution in [0.2, 0.25) is 0 Å². The summed E-state index contributed by atoms with van der Waals surface area (Å²) in [7, 11) is 0.360. The summed E-state index contributed by atoms with van der Waals surface area (Å²) in [6.45, 7) is 0. The number of benzene rings is 1. The quantitative estimate of drug-likeness (QED) is 0.168. The number of allylic oxidation sites excluding steroid dienone is 1. The predicted molar refractivity (Wildman–Crippen MR) is 151 cm³/mol. The van der Waals surface area contributed by atoms with Gasteiger partial charge in [0.05, 0.1) is 38.9 Å². The zero-order chi connectivity index (χ0) is 30.0. The van der Waals surface area contributed by atoms with Crippen molar-refractivity contribution in [2.24, 2.45) is 12.5 Å². The topological polar surface area (TPSA) is 85.9 Å². The van der Waals surface area contributed by atoms with Gasteiger partial charge in [0.2, 0.25) is 5.78 Å². The van der Waals surface area contributed by atoms with E-state index in [4.69, 9.17) is 0 Å². The molecule has 6 rings (SSSR count). The molecular formula is C28H26F4N6O2S2. The largest absolute Gasteiger partial charge is 0.427 e. The lowest BCUT2D eigenvalue weighted by Crippen LogP contribution is -2.49. The third-order valence-electron chi connectivity index (χ3n) is 8.12. The van der Waals surface area contributed by atoms with Crippen LogP contribution in [-0.4, -0.2) is 57.8 Å². The number of alkyl halides is 3. The molecule has 1 saturated carbocycles. The third kappa shape index (κ3) is 4.71. The summed E-state index contributed by atoms with van der Waals surface area (Å²) in [5.41, 5.74) is 1.57. The van der Waals surface area contributed by atoms with E-state index in [1.165, 1.54) is 16.8 Å². The number of rotatable bonds is 6. The molecule has 0 amide bonds. The zero-order valence-electron chi connectivity index (χ0n) is 22.6. The Hall–Kier alpha value is -3.62. The molecule has 0 aliphatic heterocycles. The van der Waals surface area contributed by atoms with Gasteiger partial charge in [0.15, 0.2) is 10.0 Å². The van der Waals surface area contributed by atoms with Crippen LogP contribution in [0, 0.1) is 11.2 Å². The van der Waals surface area contributed by atoms with E-state index >= 15 is 0 Å². The first-order valence-corrected chi connectivity index (χ1v) is 15.5.